The molecular formula is C21H28FIN4O2S. The first-order chi connectivity index (χ1) is 14.1. The second kappa shape index (κ2) is 14.1. The molecule has 0 fully saturated rings. The Kier molecular flexibility index (Phi) is 12.2. The fraction of sp³-hybridized carbons (Fsp3) is 0.333. The third-order valence-electron chi connectivity index (χ3n) is 4.17. The van der Waals surface area contributed by atoms with E-state index in [1.54, 1.807) is 62.3 Å². The maximum Gasteiger partial charge on any atom is 0.251 e. The van der Waals surface area contributed by atoms with Crippen LogP contribution in [-0.2, 0) is 12.3 Å². The van der Waals surface area contributed by atoms with E-state index in [1.807, 2.05) is 6.26 Å². The fourth-order valence-corrected chi connectivity index (χ4v) is 3.26. The van der Waals surface area contributed by atoms with E-state index in [4.69, 9.17) is 4.74 Å². The molecule has 0 aliphatic carbocycles. The van der Waals surface area contributed by atoms with Crippen LogP contribution in [0.2, 0.25) is 0 Å². The number of aliphatic imine (C=N–C) groups is 1. The molecule has 0 bridgehead atoms. The van der Waals surface area contributed by atoms with Gasteiger partial charge in [0.1, 0.15) is 11.6 Å². The quantitative estimate of drug-likeness (QED) is 0.195. The van der Waals surface area contributed by atoms with Crippen molar-refractivity contribution < 1.29 is 13.9 Å². The van der Waals surface area contributed by atoms with Crippen LogP contribution in [0.3, 0.4) is 0 Å². The number of carbonyl (C=O) groups is 1. The molecule has 0 radical (unpaired) electrons. The van der Waals surface area contributed by atoms with Gasteiger partial charge >= 0.3 is 0 Å². The van der Waals surface area contributed by atoms with Gasteiger partial charge in [0.25, 0.3) is 5.91 Å². The zero-order valence-corrected chi connectivity index (χ0v) is 20.5. The first-order valence-corrected chi connectivity index (χ1v) is 10.6. The lowest BCUT2D eigenvalue weighted by atomic mass is 10.1. The number of thioether (sulfide) groups is 1. The number of benzene rings is 2. The molecule has 0 aliphatic rings. The SMILES string of the molecule is CN=C(NCCNC(=O)c1cccc(OC)c1)NCc1ccc(F)cc1CSC.I. The van der Waals surface area contributed by atoms with E-state index in [9.17, 15) is 9.18 Å². The number of methoxy groups -OCH3 is 1. The van der Waals surface area contributed by atoms with Gasteiger partial charge in [0.2, 0.25) is 0 Å². The standard InChI is InChI=1S/C21H27FN4O2S.HI/c1-23-21(26-13-16-7-8-18(22)11-17(16)14-29-3)25-10-9-24-20(27)15-5-4-6-19(12-15)28-2;/h4-8,11-12H,9-10,13-14H2,1-3H3,(H,24,27)(H2,23,25,26);1H. The number of nitrogens with zero attached hydrogens (tertiary/aromatic N) is 1. The first-order valence-electron chi connectivity index (χ1n) is 9.20. The summed E-state index contributed by atoms with van der Waals surface area (Å²) in [6.45, 7) is 1.48. The molecule has 9 heteroatoms. The largest absolute Gasteiger partial charge is 0.497 e. The Morgan fingerprint density at radius 2 is 1.87 bits per heavy atom. The number of guanidine groups is 1. The summed E-state index contributed by atoms with van der Waals surface area (Å²) in [4.78, 5) is 16.4. The van der Waals surface area contributed by atoms with E-state index >= 15 is 0 Å². The minimum absolute atomic E-state index is 0. The van der Waals surface area contributed by atoms with Crippen molar-refractivity contribution in [1.82, 2.24) is 16.0 Å². The molecular weight excluding hydrogens is 518 g/mol. The molecule has 0 aliphatic heterocycles. The Labute approximate surface area is 198 Å². The number of hydrogen-bond donors (Lipinski definition) is 3. The second-order valence-electron chi connectivity index (χ2n) is 6.19. The topological polar surface area (TPSA) is 74.8 Å². The van der Waals surface area contributed by atoms with Crippen LogP contribution in [0.4, 0.5) is 4.39 Å². The number of halogens is 2. The van der Waals surface area contributed by atoms with Crippen molar-refractivity contribution in [3.05, 3.63) is 65.0 Å². The van der Waals surface area contributed by atoms with E-state index < -0.39 is 0 Å². The normalized spacial score (nSPS) is 10.7. The number of ether oxygens (including phenoxy) is 1. The molecule has 164 valence electrons. The molecule has 0 atom stereocenters. The molecule has 30 heavy (non-hydrogen) atoms. The molecule has 2 aromatic rings. The monoisotopic (exact) mass is 546 g/mol. The lowest BCUT2D eigenvalue weighted by Crippen LogP contribution is -2.41. The maximum atomic E-state index is 13.5. The Hall–Kier alpha value is -2.01. The number of rotatable bonds is 9. The highest BCUT2D eigenvalue weighted by Crippen LogP contribution is 2.16. The minimum Gasteiger partial charge on any atom is -0.497 e. The number of amides is 1. The van der Waals surface area contributed by atoms with Crippen LogP contribution < -0.4 is 20.7 Å². The molecule has 2 rings (SSSR count). The molecule has 0 heterocycles. The lowest BCUT2D eigenvalue weighted by molar-refractivity contribution is 0.0954. The highest BCUT2D eigenvalue weighted by Gasteiger charge is 2.07. The number of nitrogens with one attached hydrogen (secondary N) is 3. The molecule has 0 saturated heterocycles. The van der Waals surface area contributed by atoms with Gasteiger partial charge in [-0.2, -0.15) is 11.8 Å². The summed E-state index contributed by atoms with van der Waals surface area (Å²) in [5.74, 6) is 1.60. The van der Waals surface area contributed by atoms with Gasteiger partial charge in [-0.15, -0.1) is 24.0 Å². The van der Waals surface area contributed by atoms with E-state index in [0.29, 0.717) is 36.9 Å². The fourth-order valence-electron chi connectivity index (χ4n) is 2.68. The molecule has 3 N–H and O–H groups in total. The minimum atomic E-state index is -0.230. The average Bonchev–Trinajstić information content (AvgIpc) is 2.74. The molecule has 0 aromatic heterocycles. The Morgan fingerprint density at radius 1 is 1.10 bits per heavy atom. The van der Waals surface area contributed by atoms with Crippen molar-refractivity contribution in [3.8, 4) is 5.75 Å². The maximum absolute atomic E-state index is 13.5. The summed E-state index contributed by atoms with van der Waals surface area (Å²) in [5, 5.41) is 9.22. The van der Waals surface area contributed by atoms with Crippen molar-refractivity contribution >= 4 is 47.6 Å². The molecule has 0 spiro atoms. The zero-order valence-electron chi connectivity index (χ0n) is 17.3. The van der Waals surface area contributed by atoms with E-state index in [0.717, 1.165) is 16.9 Å². The van der Waals surface area contributed by atoms with Crippen molar-refractivity contribution in [1.29, 1.82) is 0 Å². The lowest BCUT2D eigenvalue weighted by Gasteiger charge is -2.14. The van der Waals surface area contributed by atoms with Crippen LogP contribution in [0.1, 0.15) is 21.5 Å². The van der Waals surface area contributed by atoms with Crippen LogP contribution in [0, 0.1) is 5.82 Å². The summed E-state index contributed by atoms with van der Waals surface area (Å²) >= 11 is 1.65. The van der Waals surface area contributed by atoms with Crippen LogP contribution in [0.25, 0.3) is 0 Å². The van der Waals surface area contributed by atoms with Crippen molar-refractivity contribution in [2.24, 2.45) is 4.99 Å². The zero-order chi connectivity index (χ0) is 21.1. The van der Waals surface area contributed by atoms with Crippen LogP contribution in [0.5, 0.6) is 5.75 Å². The third kappa shape index (κ3) is 8.39. The van der Waals surface area contributed by atoms with E-state index in [-0.39, 0.29) is 35.7 Å². The van der Waals surface area contributed by atoms with Crippen molar-refractivity contribution in [3.63, 3.8) is 0 Å². The van der Waals surface area contributed by atoms with E-state index in [2.05, 4.69) is 20.9 Å². The average molecular weight is 546 g/mol. The highest BCUT2D eigenvalue weighted by atomic mass is 127. The highest BCUT2D eigenvalue weighted by molar-refractivity contribution is 14.0. The van der Waals surface area contributed by atoms with Gasteiger partial charge in [-0.25, -0.2) is 4.39 Å². The summed E-state index contributed by atoms with van der Waals surface area (Å²) in [7, 11) is 3.24. The van der Waals surface area contributed by atoms with Crippen molar-refractivity contribution in [2.45, 2.75) is 12.3 Å². The molecule has 2 aromatic carbocycles. The number of carbonyl (C=O) groups excluding carboxylic acids is 1. The van der Waals surface area contributed by atoms with Crippen LogP contribution in [-0.4, -0.2) is 45.4 Å². The molecule has 0 unspecified atom stereocenters. The summed E-state index contributed by atoms with van der Waals surface area (Å²) in [6, 6.07) is 11.8. The summed E-state index contributed by atoms with van der Waals surface area (Å²) < 4.78 is 18.6. The first kappa shape index (κ1) is 26.0. The van der Waals surface area contributed by atoms with E-state index in [1.165, 1.54) is 6.07 Å². The van der Waals surface area contributed by atoms with Gasteiger partial charge in [0.05, 0.1) is 7.11 Å². The molecule has 1 amide bonds. The molecule has 6 nitrogen and oxygen atoms in total. The predicted octanol–water partition coefficient (Wildman–Crippen LogP) is 3.41. The Balaban J connectivity index is 0.00000450. The van der Waals surface area contributed by atoms with Gasteiger partial charge in [0.15, 0.2) is 5.96 Å². The smallest absolute Gasteiger partial charge is 0.251 e. The van der Waals surface area contributed by atoms with Gasteiger partial charge in [-0.05, 0) is 47.7 Å². The van der Waals surface area contributed by atoms with Crippen molar-refractivity contribution in [2.75, 3.05) is 33.5 Å². The molecule has 0 saturated carbocycles. The van der Waals surface area contributed by atoms with Crippen LogP contribution >= 0.6 is 35.7 Å². The van der Waals surface area contributed by atoms with Crippen LogP contribution in [0.15, 0.2) is 47.5 Å². The number of hydrogen-bond acceptors (Lipinski definition) is 4. The van der Waals surface area contributed by atoms with Gasteiger partial charge in [-0.1, -0.05) is 12.1 Å². The Morgan fingerprint density at radius 3 is 2.57 bits per heavy atom. The summed E-state index contributed by atoms with van der Waals surface area (Å²) in [6.07, 6.45) is 1.99. The Bertz CT molecular complexity index is 852. The van der Waals surface area contributed by atoms with Gasteiger partial charge in [0, 0.05) is 38.0 Å². The predicted molar refractivity (Wildman–Crippen MR) is 133 cm³/mol. The second-order valence-corrected chi connectivity index (χ2v) is 7.05. The summed E-state index contributed by atoms with van der Waals surface area (Å²) in [5.41, 5.74) is 2.53. The van der Waals surface area contributed by atoms with Gasteiger partial charge < -0.3 is 20.7 Å². The van der Waals surface area contributed by atoms with Gasteiger partial charge in [-0.3, -0.25) is 9.79 Å². The third-order valence-corrected chi connectivity index (χ3v) is 4.77.